The van der Waals surface area contributed by atoms with Crippen molar-refractivity contribution in [3.05, 3.63) is 0 Å². The molecular weight excluding hydrogens is 118 g/mol. The minimum absolute atomic E-state index is 0.319. The highest BCUT2D eigenvalue weighted by Crippen LogP contribution is 1.86. The van der Waals surface area contributed by atoms with E-state index in [0.717, 1.165) is 0 Å². The number of amides is 1. The highest BCUT2D eigenvalue weighted by Gasteiger charge is 1.89. The lowest BCUT2D eigenvalue weighted by atomic mass is 10.3. The van der Waals surface area contributed by atoms with Crippen molar-refractivity contribution in [2.45, 2.75) is 12.8 Å². The molecule has 0 spiro atoms. The maximum atomic E-state index is 9.91. The number of primary amides is 1. The van der Waals surface area contributed by atoms with Crippen LogP contribution < -0.4 is 5.73 Å². The maximum absolute atomic E-state index is 9.91. The van der Waals surface area contributed by atoms with Crippen LogP contribution in [-0.2, 0) is 4.74 Å². The Balaban J connectivity index is 2.94. The molecule has 0 aromatic rings. The fourth-order valence-corrected chi connectivity index (χ4v) is 0.347. The number of hydrogen-bond donors (Lipinski definition) is 1. The number of hydrogen-bond acceptors (Lipinski definition) is 2. The van der Waals surface area contributed by atoms with Gasteiger partial charge in [0.15, 0.2) is 0 Å². The van der Waals surface area contributed by atoms with E-state index in [2.05, 4.69) is 16.4 Å². The first kappa shape index (κ1) is 7.83. The molecule has 0 aliphatic rings. The van der Waals surface area contributed by atoms with E-state index in [0.29, 0.717) is 19.4 Å². The Morgan fingerprint density at radius 2 is 2.44 bits per heavy atom. The Morgan fingerprint density at radius 1 is 1.78 bits per heavy atom. The second kappa shape index (κ2) is 4.98. The maximum Gasteiger partial charge on any atom is 0.404 e. The Kier molecular flexibility index (Phi) is 4.33. The predicted molar refractivity (Wildman–Crippen MR) is 33.6 cm³/mol. The second-order valence-electron chi connectivity index (χ2n) is 1.48. The van der Waals surface area contributed by atoms with Crippen LogP contribution in [-0.4, -0.2) is 12.7 Å². The average Bonchev–Trinajstić information content (AvgIpc) is 1.80. The Bertz CT molecular complexity index is 126. The Morgan fingerprint density at radius 3 is 2.89 bits per heavy atom. The molecule has 3 nitrogen and oxygen atoms in total. The third-order valence-electron chi connectivity index (χ3n) is 0.710. The number of ether oxygens (including phenoxy) is 1. The summed E-state index contributed by atoms with van der Waals surface area (Å²) in [6.07, 6.45) is 5.48. The van der Waals surface area contributed by atoms with Gasteiger partial charge in [-0.15, -0.1) is 12.3 Å². The first-order valence-electron chi connectivity index (χ1n) is 2.63. The van der Waals surface area contributed by atoms with Gasteiger partial charge in [-0.2, -0.15) is 0 Å². The molecule has 0 heterocycles. The van der Waals surface area contributed by atoms with E-state index in [1.54, 1.807) is 0 Å². The zero-order valence-corrected chi connectivity index (χ0v) is 5.09. The lowest BCUT2D eigenvalue weighted by Gasteiger charge is -1.95. The number of carbonyl (C=O) groups is 1. The van der Waals surface area contributed by atoms with Gasteiger partial charge in [0.25, 0.3) is 0 Å². The molecule has 0 aromatic heterocycles. The Labute approximate surface area is 54.2 Å². The van der Waals surface area contributed by atoms with Crippen molar-refractivity contribution in [3.63, 3.8) is 0 Å². The van der Waals surface area contributed by atoms with Crippen molar-refractivity contribution in [2.24, 2.45) is 5.73 Å². The minimum Gasteiger partial charge on any atom is -0.450 e. The van der Waals surface area contributed by atoms with Gasteiger partial charge < -0.3 is 10.5 Å². The molecule has 0 rings (SSSR count). The van der Waals surface area contributed by atoms with E-state index in [1.807, 2.05) is 0 Å². The lowest BCUT2D eigenvalue weighted by Crippen LogP contribution is -2.13. The molecule has 0 aliphatic carbocycles. The molecule has 0 fully saturated rings. The van der Waals surface area contributed by atoms with E-state index in [9.17, 15) is 4.79 Å². The minimum atomic E-state index is -0.743. The van der Waals surface area contributed by atoms with Crippen LogP contribution in [0.1, 0.15) is 12.8 Å². The van der Waals surface area contributed by atoms with Crippen LogP contribution in [0.15, 0.2) is 0 Å². The van der Waals surface area contributed by atoms with Gasteiger partial charge in [-0.1, -0.05) is 0 Å². The number of rotatable bonds is 3. The number of terminal acetylenes is 1. The predicted octanol–water partition coefficient (Wildman–Crippen LogP) is 0.495. The molecule has 0 radical (unpaired) electrons. The summed E-state index contributed by atoms with van der Waals surface area (Å²) >= 11 is 0. The average molecular weight is 127 g/mol. The van der Waals surface area contributed by atoms with Crippen molar-refractivity contribution >= 4 is 6.09 Å². The van der Waals surface area contributed by atoms with Crippen LogP contribution >= 0.6 is 0 Å². The summed E-state index contributed by atoms with van der Waals surface area (Å²) in [7, 11) is 0. The lowest BCUT2D eigenvalue weighted by molar-refractivity contribution is 0.156. The van der Waals surface area contributed by atoms with Crippen molar-refractivity contribution < 1.29 is 9.53 Å². The molecule has 0 unspecified atom stereocenters. The highest BCUT2D eigenvalue weighted by molar-refractivity contribution is 5.64. The van der Waals surface area contributed by atoms with E-state index in [-0.39, 0.29) is 0 Å². The van der Waals surface area contributed by atoms with Crippen molar-refractivity contribution in [3.8, 4) is 12.3 Å². The quantitative estimate of drug-likeness (QED) is 0.443. The molecule has 0 saturated carbocycles. The van der Waals surface area contributed by atoms with Gasteiger partial charge in [-0.3, -0.25) is 0 Å². The van der Waals surface area contributed by atoms with E-state index in [1.165, 1.54) is 0 Å². The van der Waals surface area contributed by atoms with E-state index >= 15 is 0 Å². The normalized spacial score (nSPS) is 7.89. The second-order valence-corrected chi connectivity index (χ2v) is 1.48. The summed E-state index contributed by atoms with van der Waals surface area (Å²) in [5, 5.41) is 0. The molecule has 3 heteroatoms. The molecule has 0 atom stereocenters. The standard InChI is InChI=1S/C6H9NO2/c1-2-3-4-5-9-6(7)8/h1H,3-5H2,(H2,7,8). The van der Waals surface area contributed by atoms with Gasteiger partial charge in [0.1, 0.15) is 0 Å². The zero-order valence-electron chi connectivity index (χ0n) is 5.09. The third-order valence-corrected chi connectivity index (χ3v) is 0.710. The summed E-state index contributed by atoms with van der Waals surface area (Å²) in [6, 6.07) is 0. The molecule has 9 heavy (non-hydrogen) atoms. The van der Waals surface area contributed by atoms with Gasteiger partial charge in [0.05, 0.1) is 6.61 Å². The summed E-state index contributed by atoms with van der Waals surface area (Å²) in [6.45, 7) is 0.319. The van der Waals surface area contributed by atoms with Crippen molar-refractivity contribution in [1.82, 2.24) is 0 Å². The SMILES string of the molecule is C#CCCCOC(N)=O. The first-order chi connectivity index (χ1) is 4.27. The Hall–Kier alpha value is -1.17. The summed E-state index contributed by atoms with van der Waals surface area (Å²) in [5.74, 6) is 2.41. The molecule has 2 N–H and O–H groups in total. The molecule has 0 saturated heterocycles. The number of nitrogens with two attached hydrogens (primary N) is 1. The van der Waals surface area contributed by atoms with Crippen LogP contribution in [0.2, 0.25) is 0 Å². The summed E-state index contributed by atoms with van der Waals surface area (Å²) < 4.78 is 4.39. The molecule has 50 valence electrons. The fourth-order valence-electron chi connectivity index (χ4n) is 0.347. The van der Waals surface area contributed by atoms with Gasteiger partial charge in [0, 0.05) is 6.42 Å². The largest absolute Gasteiger partial charge is 0.450 e. The molecule has 0 aliphatic heterocycles. The topological polar surface area (TPSA) is 52.3 Å². The van der Waals surface area contributed by atoms with Crippen LogP contribution in [0.3, 0.4) is 0 Å². The van der Waals surface area contributed by atoms with Crippen LogP contribution in [0.25, 0.3) is 0 Å². The molecule has 1 amide bonds. The van der Waals surface area contributed by atoms with E-state index < -0.39 is 6.09 Å². The monoisotopic (exact) mass is 127 g/mol. The van der Waals surface area contributed by atoms with Crippen molar-refractivity contribution in [1.29, 1.82) is 0 Å². The van der Waals surface area contributed by atoms with Gasteiger partial charge in [-0.25, -0.2) is 4.79 Å². The van der Waals surface area contributed by atoms with Crippen LogP contribution in [0.4, 0.5) is 4.79 Å². The van der Waals surface area contributed by atoms with Crippen LogP contribution in [0, 0.1) is 12.3 Å². The van der Waals surface area contributed by atoms with Crippen molar-refractivity contribution in [2.75, 3.05) is 6.61 Å². The fraction of sp³-hybridized carbons (Fsp3) is 0.500. The van der Waals surface area contributed by atoms with Gasteiger partial charge in [-0.05, 0) is 6.42 Å². The smallest absolute Gasteiger partial charge is 0.404 e. The number of unbranched alkanes of at least 4 members (excludes halogenated alkanes) is 1. The summed E-state index contributed by atoms with van der Waals surface area (Å²) in [4.78, 5) is 9.91. The van der Waals surface area contributed by atoms with Crippen LogP contribution in [0.5, 0.6) is 0 Å². The molecule has 0 bridgehead atoms. The van der Waals surface area contributed by atoms with Gasteiger partial charge >= 0.3 is 6.09 Å². The molecular formula is C6H9NO2. The molecule has 0 aromatic carbocycles. The number of carbonyl (C=O) groups excluding carboxylic acids is 1. The zero-order chi connectivity index (χ0) is 7.11. The van der Waals surface area contributed by atoms with Gasteiger partial charge in [0.2, 0.25) is 0 Å². The highest BCUT2D eigenvalue weighted by atomic mass is 16.5. The first-order valence-corrected chi connectivity index (χ1v) is 2.63. The van der Waals surface area contributed by atoms with E-state index in [4.69, 9.17) is 6.42 Å². The summed E-state index contributed by atoms with van der Waals surface area (Å²) in [5.41, 5.74) is 4.66. The third kappa shape index (κ3) is 6.83.